The van der Waals surface area contributed by atoms with Gasteiger partial charge in [-0.05, 0) is 37.6 Å². The van der Waals surface area contributed by atoms with Crippen LogP contribution in [0.4, 0.5) is 16.0 Å². The number of halogens is 1. The summed E-state index contributed by atoms with van der Waals surface area (Å²) in [5.74, 6) is 0.914. The molecule has 1 aromatic carbocycles. The summed E-state index contributed by atoms with van der Waals surface area (Å²) in [5, 5.41) is 2.78. The van der Waals surface area contributed by atoms with Crippen molar-refractivity contribution >= 4 is 29.7 Å². The maximum atomic E-state index is 13.0. The molecule has 0 bridgehead atoms. The molecule has 4 rings (SSSR count). The van der Waals surface area contributed by atoms with Crippen molar-refractivity contribution in [3.63, 3.8) is 0 Å². The van der Waals surface area contributed by atoms with Gasteiger partial charge in [0.25, 0.3) is 5.91 Å². The second-order valence-corrected chi connectivity index (χ2v) is 6.09. The van der Waals surface area contributed by atoms with Gasteiger partial charge in [-0.25, -0.2) is 9.38 Å². The number of carbonyl (C=O) groups excluding carboxylic acids is 1. The van der Waals surface area contributed by atoms with E-state index in [9.17, 15) is 9.18 Å². The van der Waals surface area contributed by atoms with E-state index in [0.717, 1.165) is 18.8 Å². The minimum Gasteiger partial charge on any atom is -0.442 e. The second-order valence-electron chi connectivity index (χ2n) is 6.09. The lowest BCUT2D eigenvalue weighted by atomic mass is 10.1. The Balaban J connectivity index is 1.72. The van der Waals surface area contributed by atoms with E-state index >= 15 is 0 Å². The molecule has 0 radical (unpaired) electrons. The Morgan fingerprint density at radius 1 is 1.40 bits per heavy atom. The molecule has 7 heteroatoms. The zero-order valence-electron chi connectivity index (χ0n) is 13.9. The van der Waals surface area contributed by atoms with Crippen LogP contribution in [0.5, 0.6) is 0 Å². The lowest BCUT2D eigenvalue weighted by molar-refractivity contribution is 0.102. The molecular weight excluding hydrogens is 323 g/mol. The summed E-state index contributed by atoms with van der Waals surface area (Å²) < 4.78 is 18.7. The zero-order valence-corrected chi connectivity index (χ0v) is 13.9. The molecule has 0 fully saturated rings. The van der Waals surface area contributed by atoms with E-state index in [1.807, 2.05) is 4.90 Å². The number of nitrogens with one attached hydrogen (secondary N) is 1. The number of aliphatic imine (C=N–C) groups is 2. The molecule has 1 aromatic heterocycles. The van der Waals surface area contributed by atoms with Gasteiger partial charge in [0.1, 0.15) is 23.8 Å². The molecule has 128 valence electrons. The van der Waals surface area contributed by atoms with Crippen LogP contribution in [0.15, 0.2) is 38.7 Å². The second kappa shape index (κ2) is 5.84. The molecule has 0 unspecified atom stereocenters. The van der Waals surface area contributed by atoms with Crippen molar-refractivity contribution in [1.82, 2.24) is 4.90 Å². The van der Waals surface area contributed by atoms with Gasteiger partial charge in [0.2, 0.25) is 5.88 Å². The summed E-state index contributed by atoms with van der Waals surface area (Å²) in [6, 6.07) is 5.80. The molecular formula is C18H17FN4O2. The van der Waals surface area contributed by atoms with Crippen LogP contribution in [0, 0.1) is 12.7 Å². The lowest BCUT2D eigenvalue weighted by Gasteiger charge is -2.18. The van der Waals surface area contributed by atoms with Crippen LogP contribution in [0.1, 0.15) is 35.0 Å². The Bertz CT molecular complexity index is 899. The maximum absolute atomic E-state index is 13.0. The topological polar surface area (TPSA) is 70.2 Å². The molecule has 0 spiro atoms. The highest BCUT2D eigenvalue weighted by Gasteiger charge is 2.35. The number of aryl methyl sites for hydroxylation is 1. The highest BCUT2D eigenvalue weighted by Crippen LogP contribution is 2.35. The summed E-state index contributed by atoms with van der Waals surface area (Å²) in [4.78, 5) is 23.8. The van der Waals surface area contributed by atoms with Crippen LogP contribution < -0.4 is 5.32 Å². The number of amidine groups is 1. The molecule has 1 atom stereocenters. The summed E-state index contributed by atoms with van der Waals surface area (Å²) in [7, 11) is 0. The first-order valence-electron chi connectivity index (χ1n) is 8.16. The number of fused-ring (bicyclic) bond motifs is 3. The first kappa shape index (κ1) is 15.6. The number of amides is 1. The van der Waals surface area contributed by atoms with Crippen LogP contribution in [-0.4, -0.2) is 35.6 Å². The van der Waals surface area contributed by atoms with E-state index in [1.54, 1.807) is 13.3 Å². The number of anilines is 1. The van der Waals surface area contributed by atoms with Gasteiger partial charge in [-0.2, -0.15) is 0 Å². The molecule has 2 aliphatic rings. The van der Waals surface area contributed by atoms with Crippen molar-refractivity contribution in [2.45, 2.75) is 26.3 Å². The SMILES string of the molecule is CC[C@@H]1CN2C=Nc3oc(C)c(C(=O)Nc4ccc(F)cc4)c3C2=N1. The fourth-order valence-electron chi connectivity index (χ4n) is 3.08. The highest BCUT2D eigenvalue weighted by atomic mass is 19.1. The average molecular weight is 340 g/mol. The Labute approximate surface area is 144 Å². The van der Waals surface area contributed by atoms with E-state index in [4.69, 9.17) is 9.41 Å². The van der Waals surface area contributed by atoms with Crippen molar-refractivity contribution in [1.29, 1.82) is 0 Å². The van der Waals surface area contributed by atoms with Gasteiger partial charge in [0, 0.05) is 12.2 Å². The van der Waals surface area contributed by atoms with Gasteiger partial charge in [-0.15, -0.1) is 0 Å². The number of furan rings is 1. The summed E-state index contributed by atoms with van der Waals surface area (Å²) in [5.41, 5.74) is 1.55. The Kier molecular flexibility index (Phi) is 3.63. The van der Waals surface area contributed by atoms with Crippen LogP contribution in [0.25, 0.3) is 0 Å². The van der Waals surface area contributed by atoms with Crippen LogP contribution in [0.3, 0.4) is 0 Å². The molecule has 3 heterocycles. The van der Waals surface area contributed by atoms with E-state index in [-0.39, 0.29) is 17.8 Å². The molecule has 0 saturated carbocycles. The fourth-order valence-corrected chi connectivity index (χ4v) is 3.08. The van der Waals surface area contributed by atoms with Gasteiger partial charge in [-0.3, -0.25) is 9.79 Å². The average Bonchev–Trinajstić information content (AvgIpc) is 3.16. The lowest BCUT2D eigenvalue weighted by Crippen LogP contribution is -2.31. The number of carbonyl (C=O) groups is 1. The van der Waals surface area contributed by atoms with Crippen molar-refractivity contribution in [2.75, 3.05) is 11.9 Å². The summed E-state index contributed by atoms with van der Waals surface area (Å²) in [6.07, 6.45) is 2.61. The zero-order chi connectivity index (χ0) is 17.6. The van der Waals surface area contributed by atoms with E-state index in [2.05, 4.69) is 17.2 Å². The predicted octanol–water partition coefficient (Wildman–Crippen LogP) is 3.49. The number of rotatable bonds is 3. The highest BCUT2D eigenvalue weighted by molar-refractivity contribution is 6.19. The first-order valence-corrected chi connectivity index (χ1v) is 8.16. The van der Waals surface area contributed by atoms with E-state index in [0.29, 0.717) is 28.5 Å². The van der Waals surface area contributed by atoms with Gasteiger partial charge in [0.05, 0.1) is 17.2 Å². The number of hydrogen-bond acceptors (Lipinski definition) is 5. The normalized spacial score (nSPS) is 18.0. The Morgan fingerprint density at radius 2 is 2.16 bits per heavy atom. The molecule has 25 heavy (non-hydrogen) atoms. The largest absolute Gasteiger partial charge is 0.442 e. The van der Waals surface area contributed by atoms with Crippen molar-refractivity contribution in [3.05, 3.63) is 47.0 Å². The molecule has 6 nitrogen and oxygen atoms in total. The number of nitrogens with zero attached hydrogens (tertiary/aromatic N) is 3. The van der Waals surface area contributed by atoms with Crippen LogP contribution in [-0.2, 0) is 0 Å². The smallest absolute Gasteiger partial charge is 0.260 e. The van der Waals surface area contributed by atoms with Crippen molar-refractivity contribution in [3.8, 4) is 0 Å². The molecule has 1 amide bonds. The number of hydrogen-bond donors (Lipinski definition) is 1. The monoisotopic (exact) mass is 340 g/mol. The minimum atomic E-state index is -0.356. The molecule has 0 aliphatic carbocycles. The van der Waals surface area contributed by atoms with Crippen LogP contribution >= 0.6 is 0 Å². The summed E-state index contributed by atoms with van der Waals surface area (Å²) >= 11 is 0. The molecule has 1 N–H and O–H groups in total. The standard InChI is InChI=1S/C18H17FN4O2/c1-3-12-8-23-9-20-18-15(16(23)21-12)14(10(2)25-18)17(24)22-13-6-4-11(19)5-7-13/h4-7,9,12H,3,8H2,1-2H3,(H,22,24)/t12-/m1/s1. The van der Waals surface area contributed by atoms with Crippen molar-refractivity contribution in [2.24, 2.45) is 9.98 Å². The van der Waals surface area contributed by atoms with Gasteiger partial charge in [0.15, 0.2) is 0 Å². The third-order valence-electron chi connectivity index (χ3n) is 4.39. The first-order chi connectivity index (χ1) is 12.1. The van der Waals surface area contributed by atoms with Gasteiger partial charge in [-0.1, -0.05) is 6.92 Å². The van der Waals surface area contributed by atoms with Gasteiger partial charge < -0.3 is 14.6 Å². The minimum absolute atomic E-state index is 0.176. The maximum Gasteiger partial charge on any atom is 0.260 e. The summed E-state index contributed by atoms with van der Waals surface area (Å²) in [6.45, 7) is 4.55. The third-order valence-corrected chi connectivity index (χ3v) is 4.39. The molecule has 0 saturated heterocycles. The fraction of sp³-hybridized carbons (Fsp3) is 0.278. The third kappa shape index (κ3) is 2.61. The quantitative estimate of drug-likeness (QED) is 0.930. The van der Waals surface area contributed by atoms with E-state index in [1.165, 1.54) is 24.3 Å². The molecule has 2 aromatic rings. The van der Waals surface area contributed by atoms with Crippen LogP contribution in [0.2, 0.25) is 0 Å². The molecule has 2 aliphatic heterocycles. The van der Waals surface area contributed by atoms with Gasteiger partial charge >= 0.3 is 0 Å². The Hall–Kier alpha value is -2.96. The predicted molar refractivity (Wildman–Crippen MR) is 93.3 cm³/mol. The number of benzene rings is 1. The van der Waals surface area contributed by atoms with E-state index < -0.39 is 0 Å². The Morgan fingerprint density at radius 3 is 2.88 bits per heavy atom. The van der Waals surface area contributed by atoms with Crippen molar-refractivity contribution < 1.29 is 13.6 Å².